The number of nitrogens with one attached hydrogen (secondary N) is 1. The van der Waals surface area contributed by atoms with Crippen LogP contribution >= 0.6 is 0 Å². The Balaban J connectivity index is 1.64. The molecule has 2 aromatic rings. The molecule has 1 aliphatic heterocycles. The molecule has 1 aromatic carbocycles. The third-order valence-corrected chi connectivity index (χ3v) is 6.56. The van der Waals surface area contributed by atoms with Crippen molar-refractivity contribution in [1.82, 2.24) is 9.88 Å². The predicted octanol–water partition coefficient (Wildman–Crippen LogP) is 5.39. The van der Waals surface area contributed by atoms with Crippen LogP contribution in [-0.4, -0.2) is 47.9 Å². The van der Waals surface area contributed by atoms with Gasteiger partial charge in [-0.2, -0.15) is 0 Å². The Kier molecular flexibility index (Phi) is 8.70. The molecule has 2 amide bonds. The molecule has 0 aliphatic carbocycles. The van der Waals surface area contributed by atoms with Gasteiger partial charge in [0.1, 0.15) is 5.82 Å². The van der Waals surface area contributed by atoms with Crippen LogP contribution in [0.4, 0.5) is 11.5 Å². The number of rotatable bonds is 9. The Morgan fingerprint density at radius 3 is 2.52 bits per heavy atom. The van der Waals surface area contributed by atoms with Crippen LogP contribution in [0.25, 0.3) is 10.9 Å². The van der Waals surface area contributed by atoms with Crippen LogP contribution < -0.4 is 10.2 Å². The van der Waals surface area contributed by atoms with E-state index < -0.39 is 0 Å². The van der Waals surface area contributed by atoms with Crippen LogP contribution in [0.1, 0.15) is 65.4 Å². The van der Waals surface area contributed by atoms with Gasteiger partial charge < -0.3 is 15.1 Å². The number of unbranched alkanes of at least 4 members (excludes halogenated alkanes) is 1. The molecule has 1 N–H and O–H groups in total. The number of aryl methyl sites for hydroxylation is 1. The number of fused-ring (bicyclic) bond motifs is 1. The summed E-state index contributed by atoms with van der Waals surface area (Å²) in [5.41, 5.74) is 2.84. The van der Waals surface area contributed by atoms with E-state index >= 15 is 0 Å². The average Bonchev–Trinajstić information content (AvgIpc) is 2.77. The van der Waals surface area contributed by atoms with Crippen LogP contribution in [0.3, 0.4) is 0 Å². The van der Waals surface area contributed by atoms with Crippen molar-refractivity contribution in [3.05, 3.63) is 29.8 Å². The summed E-state index contributed by atoms with van der Waals surface area (Å²) in [6.07, 6.45) is 3.76. The van der Waals surface area contributed by atoms with Crippen LogP contribution in [-0.2, 0) is 9.59 Å². The highest BCUT2D eigenvalue weighted by molar-refractivity contribution is 5.96. The van der Waals surface area contributed by atoms with Crippen LogP contribution in [0.5, 0.6) is 0 Å². The highest BCUT2D eigenvalue weighted by Gasteiger charge is 2.23. The normalized spacial score (nSPS) is 18.4. The first kappa shape index (κ1) is 25.0. The molecule has 33 heavy (non-hydrogen) atoms. The van der Waals surface area contributed by atoms with Crippen molar-refractivity contribution >= 4 is 34.2 Å². The summed E-state index contributed by atoms with van der Waals surface area (Å²) in [7, 11) is 0. The fourth-order valence-corrected chi connectivity index (χ4v) is 4.88. The van der Waals surface area contributed by atoms with Crippen molar-refractivity contribution in [2.45, 2.75) is 66.7 Å². The van der Waals surface area contributed by atoms with Gasteiger partial charge in [0.05, 0.1) is 5.52 Å². The maximum atomic E-state index is 12.5. The van der Waals surface area contributed by atoms with E-state index in [1.54, 1.807) is 0 Å². The second-order valence-corrected chi connectivity index (χ2v) is 9.76. The molecule has 1 aliphatic rings. The van der Waals surface area contributed by atoms with E-state index in [2.05, 4.69) is 44.0 Å². The predicted molar refractivity (Wildman–Crippen MR) is 137 cm³/mol. The standard InChI is InChI=1S/C27H40N4O2/c1-6-8-13-30(7-2)27(33)12-11-26(32)28-22-9-10-24-23(16-22)21(5)15-25(29-24)31-17-19(3)14-20(4)18-31/h9-10,15-16,19-20H,6-8,11-14,17-18H2,1-5H3,(H,28,32)/t19-,20+. The van der Waals surface area contributed by atoms with Gasteiger partial charge in [0.25, 0.3) is 0 Å². The highest BCUT2D eigenvalue weighted by atomic mass is 16.2. The van der Waals surface area contributed by atoms with Crippen LogP contribution in [0, 0.1) is 18.8 Å². The first-order valence-corrected chi connectivity index (χ1v) is 12.5. The van der Waals surface area contributed by atoms with Gasteiger partial charge in [-0.25, -0.2) is 4.98 Å². The number of carbonyl (C=O) groups excluding carboxylic acids is 2. The van der Waals surface area contributed by atoms with Crippen molar-refractivity contribution in [3.8, 4) is 0 Å². The Bertz CT molecular complexity index is 964. The van der Waals surface area contributed by atoms with Gasteiger partial charge in [0.2, 0.25) is 11.8 Å². The number of amides is 2. The van der Waals surface area contributed by atoms with E-state index in [1.807, 2.05) is 30.0 Å². The minimum absolute atomic E-state index is 0.0496. The molecule has 1 fully saturated rings. The zero-order chi connectivity index (χ0) is 24.0. The molecule has 3 rings (SSSR count). The Morgan fingerprint density at radius 1 is 1.12 bits per heavy atom. The lowest BCUT2D eigenvalue weighted by atomic mass is 9.92. The van der Waals surface area contributed by atoms with E-state index in [9.17, 15) is 9.59 Å². The number of hydrogen-bond donors (Lipinski definition) is 1. The Labute approximate surface area is 198 Å². The number of benzene rings is 1. The van der Waals surface area contributed by atoms with Crippen molar-refractivity contribution < 1.29 is 9.59 Å². The summed E-state index contributed by atoms with van der Waals surface area (Å²) in [6.45, 7) is 14.4. The molecule has 0 radical (unpaired) electrons. The summed E-state index contributed by atoms with van der Waals surface area (Å²) in [5, 5.41) is 4.00. The number of piperidine rings is 1. The highest BCUT2D eigenvalue weighted by Crippen LogP contribution is 2.29. The number of carbonyl (C=O) groups is 2. The molecular weight excluding hydrogens is 412 g/mol. The van der Waals surface area contributed by atoms with Crippen LogP contribution in [0.15, 0.2) is 24.3 Å². The fourth-order valence-electron chi connectivity index (χ4n) is 4.88. The van der Waals surface area contributed by atoms with Gasteiger partial charge in [-0.1, -0.05) is 27.2 Å². The van der Waals surface area contributed by atoms with Gasteiger partial charge in [-0.05, 0) is 68.4 Å². The molecule has 1 saturated heterocycles. The van der Waals surface area contributed by atoms with E-state index in [0.717, 1.165) is 60.4 Å². The van der Waals surface area contributed by atoms with Crippen molar-refractivity contribution in [3.63, 3.8) is 0 Å². The second-order valence-electron chi connectivity index (χ2n) is 9.76. The summed E-state index contributed by atoms with van der Waals surface area (Å²) in [4.78, 5) is 34.0. The van der Waals surface area contributed by atoms with E-state index in [-0.39, 0.29) is 24.7 Å². The number of hydrogen-bond acceptors (Lipinski definition) is 4. The molecule has 2 atom stereocenters. The molecule has 6 heteroatoms. The Morgan fingerprint density at radius 2 is 1.85 bits per heavy atom. The third kappa shape index (κ3) is 6.68. The van der Waals surface area contributed by atoms with E-state index in [4.69, 9.17) is 4.98 Å². The van der Waals surface area contributed by atoms with Gasteiger partial charge >= 0.3 is 0 Å². The van der Waals surface area contributed by atoms with E-state index in [0.29, 0.717) is 18.4 Å². The van der Waals surface area contributed by atoms with Crippen molar-refractivity contribution in [1.29, 1.82) is 0 Å². The topological polar surface area (TPSA) is 65.5 Å². The zero-order valence-electron chi connectivity index (χ0n) is 21.0. The maximum Gasteiger partial charge on any atom is 0.224 e. The molecule has 180 valence electrons. The molecule has 2 heterocycles. The van der Waals surface area contributed by atoms with Gasteiger partial charge in [0.15, 0.2) is 0 Å². The molecule has 0 spiro atoms. The summed E-state index contributed by atoms with van der Waals surface area (Å²) in [6, 6.07) is 8.03. The number of pyridine rings is 1. The lowest BCUT2D eigenvalue weighted by molar-refractivity contribution is -0.132. The first-order chi connectivity index (χ1) is 15.8. The zero-order valence-corrected chi connectivity index (χ0v) is 21.0. The quantitative estimate of drug-likeness (QED) is 0.554. The SMILES string of the molecule is CCCCN(CC)C(=O)CCC(=O)Nc1ccc2nc(N3C[C@H](C)C[C@H](C)C3)cc(C)c2c1. The molecule has 0 unspecified atom stereocenters. The number of nitrogens with zero attached hydrogens (tertiary/aromatic N) is 3. The third-order valence-electron chi connectivity index (χ3n) is 6.56. The van der Waals surface area contributed by atoms with Gasteiger partial charge in [-0.15, -0.1) is 0 Å². The first-order valence-electron chi connectivity index (χ1n) is 12.5. The van der Waals surface area contributed by atoms with Crippen LogP contribution in [0.2, 0.25) is 0 Å². The lowest BCUT2D eigenvalue weighted by Gasteiger charge is -2.36. The fraction of sp³-hybridized carbons (Fsp3) is 0.593. The molecule has 0 bridgehead atoms. The largest absolute Gasteiger partial charge is 0.356 e. The smallest absolute Gasteiger partial charge is 0.224 e. The second kappa shape index (κ2) is 11.5. The Hall–Kier alpha value is -2.63. The van der Waals surface area contributed by atoms with Gasteiger partial charge in [-0.3, -0.25) is 9.59 Å². The molecule has 0 saturated carbocycles. The molecular formula is C27H40N4O2. The summed E-state index contributed by atoms with van der Waals surface area (Å²) < 4.78 is 0. The van der Waals surface area contributed by atoms with Crippen molar-refractivity contribution in [2.75, 3.05) is 36.4 Å². The minimum atomic E-state index is -0.132. The molecule has 6 nitrogen and oxygen atoms in total. The number of aromatic nitrogens is 1. The van der Waals surface area contributed by atoms with Gasteiger partial charge in [0, 0.05) is 50.1 Å². The monoisotopic (exact) mass is 452 g/mol. The molecule has 1 aromatic heterocycles. The van der Waals surface area contributed by atoms with E-state index in [1.165, 1.54) is 6.42 Å². The summed E-state index contributed by atoms with van der Waals surface area (Å²) >= 11 is 0. The summed E-state index contributed by atoms with van der Waals surface area (Å²) in [5.74, 6) is 2.30. The van der Waals surface area contributed by atoms with Crippen molar-refractivity contribution in [2.24, 2.45) is 11.8 Å². The lowest BCUT2D eigenvalue weighted by Crippen LogP contribution is -2.39. The number of anilines is 2. The maximum absolute atomic E-state index is 12.5. The minimum Gasteiger partial charge on any atom is -0.356 e. The average molecular weight is 453 g/mol.